The molecule has 24 heavy (non-hydrogen) atoms. The third-order valence-corrected chi connectivity index (χ3v) is 5.46. The van der Waals surface area contributed by atoms with Gasteiger partial charge in [-0.25, -0.2) is 21.5 Å². The van der Waals surface area contributed by atoms with E-state index in [1.165, 1.54) is 4.31 Å². The molecule has 0 spiro atoms. The van der Waals surface area contributed by atoms with Gasteiger partial charge in [-0.05, 0) is 25.3 Å². The molecule has 2 heterocycles. The Hall–Kier alpha value is -1.55. The first-order valence-corrected chi connectivity index (χ1v) is 9.65. The van der Waals surface area contributed by atoms with Gasteiger partial charge in [0.25, 0.3) is 12.3 Å². The van der Waals surface area contributed by atoms with E-state index in [9.17, 15) is 22.0 Å². The summed E-state index contributed by atoms with van der Waals surface area (Å²) in [6.45, 7) is 1.64. The topological polar surface area (TPSA) is 86.4 Å². The Morgan fingerprint density at radius 3 is 2.54 bits per heavy atom. The van der Waals surface area contributed by atoms with Crippen LogP contribution in [0.5, 0.6) is 0 Å². The summed E-state index contributed by atoms with van der Waals surface area (Å²) in [6, 6.07) is 1.14. The summed E-state index contributed by atoms with van der Waals surface area (Å²) in [4.78, 5) is 13.7. The molecule has 0 aliphatic carbocycles. The zero-order chi connectivity index (χ0) is 17.9. The van der Waals surface area contributed by atoms with E-state index in [4.69, 9.17) is 0 Å². The highest BCUT2D eigenvalue weighted by atomic mass is 32.2. The highest BCUT2D eigenvalue weighted by Gasteiger charge is 2.33. The van der Waals surface area contributed by atoms with Gasteiger partial charge in [0, 0.05) is 24.8 Å². The molecule has 0 radical (unpaired) electrons. The van der Waals surface area contributed by atoms with Gasteiger partial charge >= 0.3 is 0 Å². The summed E-state index contributed by atoms with van der Waals surface area (Å²) in [5, 5.41) is 6.60. The molecule has 7 nitrogen and oxygen atoms in total. The van der Waals surface area contributed by atoms with Gasteiger partial charge < -0.3 is 4.90 Å². The standard InChI is InChI=1S/C14H22F2N4O3S/c1-3-10-8-12(18-17-10)14(21)20(9-13(15)16)11-4-6-19(7-5-11)24(2,22)23/h8,11,13H,3-7,9H2,1-2H3,(H,17,18). The van der Waals surface area contributed by atoms with Crippen molar-refractivity contribution in [3.05, 3.63) is 17.5 Å². The maximum absolute atomic E-state index is 12.9. The van der Waals surface area contributed by atoms with Crippen molar-refractivity contribution in [2.75, 3.05) is 25.9 Å². The van der Waals surface area contributed by atoms with E-state index < -0.39 is 34.9 Å². The third-order valence-electron chi connectivity index (χ3n) is 4.16. The van der Waals surface area contributed by atoms with Gasteiger partial charge in [-0.15, -0.1) is 0 Å². The first-order chi connectivity index (χ1) is 11.2. The van der Waals surface area contributed by atoms with Crippen LogP contribution in [0.25, 0.3) is 0 Å². The summed E-state index contributed by atoms with van der Waals surface area (Å²) in [7, 11) is -3.31. The second-order valence-corrected chi connectivity index (χ2v) is 7.86. The van der Waals surface area contributed by atoms with Gasteiger partial charge in [0.05, 0.1) is 12.8 Å². The van der Waals surface area contributed by atoms with Crippen LogP contribution in [0.15, 0.2) is 6.07 Å². The van der Waals surface area contributed by atoms with E-state index in [0.717, 1.165) is 16.8 Å². The van der Waals surface area contributed by atoms with E-state index in [1.54, 1.807) is 6.07 Å². The molecule has 1 fully saturated rings. The Labute approximate surface area is 140 Å². The van der Waals surface area contributed by atoms with Crippen LogP contribution in [0.1, 0.15) is 35.9 Å². The Kier molecular flexibility index (Phi) is 5.92. The average Bonchev–Trinajstić information content (AvgIpc) is 3.00. The number of nitrogens with one attached hydrogen (secondary N) is 1. The highest BCUT2D eigenvalue weighted by molar-refractivity contribution is 7.88. The Morgan fingerprint density at radius 2 is 2.08 bits per heavy atom. The largest absolute Gasteiger partial charge is 0.328 e. The summed E-state index contributed by atoms with van der Waals surface area (Å²) >= 11 is 0. The van der Waals surface area contributed by atoms with E-state index in [0.29, 0.717) is 19.3 Å². The SMILES string of the molecule is CCc1cc(C(=O)N(CC(F)F)C2CCN(S(C)(=O)=O)CC2)n[nH]1. The summed E-state index contributed by atoms with van der Waals surface area (Å²) < 4.78 is 50.2. The van der Waals surface area contributed by atoms with Crippen LogP contribution in [0.3, 0.4) is 0 Å². The van der Waals surface area contributed by atoms with E-state index in [2.05, 4.69) is 10.2 Å². The number of hydrogen-bond acceptors (Lipinski definition) is 4. The maximum Gasteiger partial charge on any atom is 0.274 e. The fourth-order valence-corrected chi connectivity index (χ4v) is 3.71. The Morgan fingerprint density at radius 1 is 1.46 bits per heavy atom. The van der Waals surface area contributed by atoms with Crippen LogP contribution < -0.4 is 0 Å². The molecule has 2 rings (SSSR count). The predicted octanol–water partition coefficient (Wildman–Crippen LogP) is 1.10. The number of piperidine rings is 1. The number of carbonyl (C=O) groups excluding carboxylic acids is 1. The number of amides is 1. The van der Waals surface area contributed by atoms with Crippen molar-refractivity contribution >= 4 is 15.9 Å². The van der Waals surface area contributed by atoms with Crippen LogP contribution in [0, 0.1) is 0 Å². The molecule has 0 unspecified atom stereocenters. The first-order valence-electron chi connectivity index (χ1n) is 7.81. The molecular weight excluding hydrogens is 342 g/mol. The number of aryl methyl sites for hydroxylation is 1. The molecule has 1 aromatic heterocycles. The minimum atomic E-state index is -3.31. The number of nitrogens with zero attached hydrogens (tertiary/aromatic N) is 3. The lowest BCUT2D eigenvalue weighted by Gasteiger charge is -2.37. The molecule has 1 N–H and O–H groups in total. The summed E-state index contributed by atoms with van der Waals surface area (Å²) in [5.74, 6) is -0.552. The smallest absolute Gasteiger partial charge is 0.274 e. The molecular formula is C14H22F2N4O3S. The van der Waals surface area contributed by atoms with Crippen LogP contribution in [-0.2, 0) is 16.4 Å². The van der Waals surface area contributed by atoms with Crippen molar-refractivity contribution in [2.24, 2.45) is 0 Å². The molecule has 1 aliphatic rings. The van der Waals surface area contributed by atoms with Gasteiger partial charge in [0.15, 0.2) is 0 Å². The first kappa shape index (κ1) is 18.8. The number of H-pyrrole nitrogens is 1. The fraction of sp³-hybridized carbons (Fsp3) is 0.714. The van der Waals surface area contributed by atoms with Crippen LogP contribution in [-0.4, -0.2) is 72.1 Å². The fourth-order valence-electron chi connectivity index (χ4n) is 2.83. The van der Waals surface area contributed by atoms with Gasteiger partial charge in [0.1, 0.15) is 5.69 Å². The van der Waals surface area contributed by atoms with Crippen LogP contribution in [0.4, 0.5) is 8.78 Å². The maximum atomic E-state index is 12.9. The zero-order valence-electron chi connectivity index (χ0n) is 13.7. The van der Waals surface area contributed by atoms with E-state index in [-0.39, 0.29) is 18.8 Å². The molecule has 136 valence electrons. The lowest BCUT2D eigenvalue weighted by atomic mass is 10.0. The second kappa shape index (κ2) is 7.56. The van der Waals surface area contributed by atoms with Crippen LogP contribution in [0.2, 0.25) is 0 Å². The number of alkyl halides is 2. The Bertz CT molecular complexity index is 669. The lowest BCUT2D eigenvalue weighted by Crippen LogP contribution is -2.50. The number of aromatic amines is 1. The molecule has 10 heteroatoms. The number of aromatic nitrogens is 2. The number of sulfonamides is 1. The van der Waals surface area contributed by atoms with Crippen molar-refractivity contribution in [3.63, 3.8) is 0 Å². The average molecular weight is 364 g/mol. The van der Waals surface area contributed by atoms with Crippen molar-refractivity contribution in [1.82, 2.24) is 19.4 Å². The number of carbonyl (C=O) groups is 1. The zero-order valence-corrected chi connectivity index (χ0v) is 14.5. The number of hydrogen-bond donors (Lipinski definition) is 1. The van der Waals surface area contributed by atoms with Crippen LogP contribution >= 0.6 is 0 Å². The second-order valence-electron chi connectivity index (χ2n) is 5.87. The van der Waals surface area contributed by atoms with Crippen molar-refractivity contribution in [1.29, 1.82) is 0 Å². The predicted molar refractivity (Wildman–Crippen MR) is 84.4 cm³/mol. The molecule has 0 aromatic carbocycles. The molecule has 0 bridgehead atoms. The molecule has 0 saturated carbocycles. The van der Waals surface area contributed by atoms with Gasteiger partial charge in [-0.2, -0.15) is 5.10 Å². The quantitative estimate of drug-likeness (QED) is 0.819. The molecule has 0 atom stereocenters. The lowest BCUT2D eigenvalue weighted by molar-refractivity contribution is 0.0354. The summed E-state index contributed by atoms with van der Waals surface area (Å²) in [6.07, 6.45) is -0.230. The highest BCUT2D eigenvalue weighted by Crippen LogP contribution is 2.21. The molecule has 1 amide bonds. The third kappa shape index (κ3) is 4.50. The van der Waals surface area contributed by atoms with E-state index >= 15 is 0 Å². The molecule has 1 aliphatic heterocycles. The van der Waals surface area contributed by atoms with Gasteiger partial charge in [-0.1, -0.05) is 6.92 Å². The van der Waals surface area contributed by atoms with Gasteiger partial charge in [-0.3, -0.25) is 9.89 Å². The van der Waals surface area contributed by atoms with E-state index in [1.807, 2.05) is 6.92 Å². The number of rotatable bonds is 6. The normalized spacial score (nSPS) is 17.4. The van der Waals surface area contributed by atoms with Crippen molar-refractivity contribution in [2.45, 2.75) is 38.7 Å². The minimum Gasteiger partial charge on any atom is -0.328 e. The van der Waals surface area contributed by atoms with Crippen molar-refractivity contribution < 1.29 is 22.0 Å². The Balaban J connectivity index is 2.12. The summed E-state index contributed by atoms with van der Waals surface area (Å²) in [5.41, 5.74) is 0.861. The minimum absolute atomic E-state index is 0.109. The molecule has 1 aromatic rings. The monoisotopic (exact) mass is 364 g/mol. The van der Waals surface area contributed by atoms with Crippen molar-refractivity contribution in [3.8, 4) is 0 Å². The number of halogens is 2. The van der Waals surface area contributed by atoms with Gasteiger partial charge in [0.2, 0.25) is 10.0 Å². The molecule has 1 saturated heterocycles.